The van der Waals surface area contributed by atoms with Crippen molar-refractivity contribution in [3.05, 3.63) is 11.6 Å². The summed E-state index contributed by atoms with van der Waals surface area (Å²) in [7, 11) is 0. The molecule has 0 aromatic heterocycles. The molecule has 0 bridgehead atoms. The van der Waals surface area contributed by atoms with Gasteiger partial charge in [-0.05, 0) is 36.5 Å². The fraction of sp³-hybridized carbons (Fsp3) is 0.882. The predicted molar refractivity (Wildman–Crippen MR) is 80.4 cm³/mol. The summed E-state index contributed by atoms with van der Waals surface area (Å²) in [6.07, 6.45) is 10.1. The summed E-state index contributed by atoms with van der Waals surface area (Å²) in [6, 6.07) is 0. The van der Waals surface area contributed by atoms with Gasteiger partial charge >= 0.3 is 0 Å². The molecule has 0 aromatic rings. The van der Waals surface area contributed by atoms with Crippen molar-refractivity contribution in [3.8, 4) is 0 Å². The minimum absolute atomic E-state index is 0.474. The van der Waals surface area contributed by atoms with Crippen LogP contribution in [0.15, 0.2) is 11.6 Å². The Morgan fingerprint density at radius 3 is 1.82 bits per heavy atom. The van der Waals surface area contributed by atoms with Gasteiger partial charge in [0.05, 0.1) is 0 Å². The summed E-state index contributed by atoms with van der Waals surface area (Å²) in [5.41, 5.74) is 2.64. The van der Waals surface area contributed by atoms with Crippen LogP contribution in [-0.4, -0.2) is 0 Å². The Morgan fingerprint density at radius 2 is 1.41 bits per heavy atom. The molecule has 0 rings (SSSR count). The fourth-order valence-electron chi connectivity index (χ4n) is 1.92. The smallest absolute Gasteiger partial charge is 0.0269 e. The van der Waals surface area contributed by atoms with E-state index in [1.807, 2.05) is 0 Å². The first kappa shape index (κ1) is 16.7. The van der Waals surface area contributed by atoms with Gasteiger partial charge in [0, 0.05) is 0 Å². The molecule has 0 nitrogen and oxygen atoms in total. The fourth-order valence-corrected chi connectivity index (χ4v) is 1.92. The highest BCUT2D eigenvalue weighted by molar-refractivity contribution is 5.04. The van der Waals surface area contributed by atoms with Crippen molar-refractivity contribution in [1.29, 1.82) is 0 Å². The minimum atomic E-state index is 0.474. The van der Waals surface area contributed by atoms with Crippen LogP contribution in [0.3, 0.4) is 0 Å². The van der Waals surface area contributed by atoms with E-state index in [0.717, 1.165) is 0 Å². The highest BCUT2D eigenvalue weighted by Crippen LogP contribution is 2.31. The van der Waals surface area contributed by atoms with Crippen LogP contribution in [0.2, 0.25) is 0 Å². The van der Waals surface area contributed by atoms with Gasteiger partial charge < -0.3 is 0 Å². The summed E-state index contributed by atoms with van der Waals surface area (Å²) >= 11 is 0. The molecule has 102 valence electrons. The van der Waals surface area contributed by atoms with E-state index in [2.05, 4.69) is 54.5 Å². The Labute approximate surface area is 110 Å². The lowest BCUT2D eigenvalue weighted by Gasteiger charge is -2.25. The quantitative estimate of drug-likeness (QED) is 0.431. The topological polar surface area (TPSA) is 0 Å². The van der Waals surface area contributed by atoms with Gasteiger partial charge in [0.25, 0.3) is 0 Å². The first-order valence-electron chi connectivity index (χ1n) is 7.44. The molecule has 0 saturated carbocycles. The number of hydrogen-bond acceptors (Lipinski definition) is 0. The summed E-state index contributed by atoms with van der Waals surface area (Å²) in [4.78, 5) is 0. The molecule has 0 heterocycles. The lowest BCUT2D eigenvalue weighted by molar-refractivity contribution is 0.322. The summed E-state index contributed by atoms with van der Waals surface area (Å²) < 4.78 is 0. The largest absolute Gasteiger partial charge is 0.0853 e. The second-order valence-corrected chi connectivity index (χ2v) is 6.97. The maximum atomic E-state index is 2.51. The van der Waals surface area contributed by atoms with E-state index < -0.39 is 0 Å². The van der Waals surface area contributed by atoms with Gasteiger partial charge in [0.2, 0.25) is 0 Å². The Balaban J connectivity index is 4.28. The Hall–Kier alpha value is -0.260. The van der Waals surface area contributed by atoms with E-state index in [1.54, 1.807) is 5.57 Å². The average Bonchev–Trinajstić information content (AvgIpc) is 2.27. The Kier molecular flexibility index (Phi) is 7.13. The summed E-state index contributed by atoms with van der Waals surface area (Å²) in [6.45, 7) is 16.4. The zero-order valence-corrected chi connectivity index (χ0v) is 13.3. The molecule has 0 aliphatic heterocycles. The van der Waals surface area contributed by atoms with Gasteiger partial charge in [0.1, 0.15) is 0 Å². The average molecular weight is 238 g/mol. The maximum Gasteiger partial charge on any atom is -0.0269 e. The van der Waals surface area contributed by atoms with Crippen molar-refractivity contribution >= 4 is 0 Å². The SMILES string of the molecule is CC/C(=C\CCC(C)(C)CC)CC(C)(C)CC. The third-order valence-corrected chi connectivity index (χ3v) is 4.33. The minimum Gasteiger partial charge on any atom is -0.0853 e. The van der Waals surface area contributed by atoms with Crippen LogP contribution in [0, 0.1) is 10.8 Å². The number of hydrogen-bond donors (Lipinski definition) is 0. The molecule has 0 saturated heterocycles. The standard InChI is InChI=1S/C17H34/c1-8-15(14-17(6,7)10-3)12-11-13-16(4,5)9-2/h12H,8-11,13-14H2,1-7H3/b15-12+. The first-order chi connectivity index (χ1) is 7.76. The van der Waals surface area contributed by atoms with Gasteiger partial charge in [-0.2, -0.15) is 0 Å². The van der Waals surface area contributed by atoms with E-state index in [0.29, 0.717) is 10.8 Å². The first-order valence-corrected chi connectivity index (χ1v) is 7.44. The van der Waals surface area contributed by atoms with Crippen molar-refractivity contribution in [2.45, 2.75) is 87.0 Å². The van der Waals surface area contributed by atoms with Gasteiger partial charge in [-0.15, -0.1) is 0 Å². The third kappa shape index (κ3) is 7.63. The molecule has 0 spiro atoms. The van der Waals surface area contributed by atoms with E-state index >= 15 is 0 Å². The maximum absolute atomic E-state index is 2.51. The van der Waals surface area contributed by atoms with Gasteiger partial charge in [-0.3, -0.25) is 0 Å². The van der Waals surface area contributed by atoms with E-state index in [1.165, 1.54) is 38.5 Å². The number of allylic oxidation sites excluding steroid dienone is 2. The summed E-state index contributed by atoms with van der Waals surface area (Å²) in [5, 5.41) is 0. The van der Waals surface area contributed by atoms with Crippen molar-refractivity contribution in [3.63, 3.8) is 0 Å². The lowest BCUT2D eigenvalue weighted by Crippen LogP contribution is -2.11. The molecular formula is C17H34. The molecule has 0 unspecified atom stereocenters. The van der Waals surface area contributed by atoms with Crippen molar-refractivity contribution in [2.24, 2.45) is 10.8 Å². The molecule has 0 heteroatoms. The molecule has 0 aliphatic carbocycles. The highest BCUT2D eigenvalue weighted by atomic mass is 14.2. The van der Waals surface area contributed by atoms with Crippen molar-refractivity contribution in [2.75, 3.05) is 0 Å². The molecule has 0 atom stereocenters. The Morgan fingerprint density at radius 1 is 0.882 bits per heavy atom. The second kappa shape index (κ2) is 7.24. The van der Waals surface area contributed by atoms with Crippen LogP contribution in [0.25, 0.3) is 0 Å². The molecule has 0 radical (unpaired) electrons. The predicted octanol–water partition coefficient (Wildman–Crippen LogP) is 6.37. The van der Waals surface area contributed by atoms with Crippen LogP contribution in [0.5, 0.6) is 0 Å². The van der Waals surface area contributed by atoms with E-state index in [-0.39, 0.29) is 0 Å². The van der Waals surface area contributed by atoms with Crippen LogP contribution >= 0.6 is 0 Å². The van der Waals surface area contributed by atoms with Gasteiger partial charge in [-0.25, -0.2) is 0 Å². The molecule has 0 aromatic carbocycles. The molecule has 0 aliphatic rings. The van der Waals surface area contributed by atoms with Gasteiger partial charge in [0.15, 0.2) is 0 Å². The molecule has 17 heavy (non-hydrogen) atoms. The Bertz CT molecular complexity index is 230. The highest BCUT2D eigenvalue weighted by Gasteiger charge is 2.17. The van der Waals surface area contributed by atoms with Crippen molar-refractivity contribution in [1.82, 2.24) is 0 Å². The molecular weight excluding hydrogens is 204 g/mol. The van der Waals surface area contributed by atoms with Crippen LogP contribution < -0.4 is 0 Å². The lowest BCUT2D eigenvalue weighted by atomic mass is 9.81. The third-order valence-electron chi connectivity index (χ3n) is 4.33. The monoisotopic (exact) mass is 238 g/mol. The van der Waals surface area contributed by atoms with Crippen LogP contribution in [-0.2, 0) is 0 Å². The zero-order valence-electron chi connectivity index (χ0n) is 13.3. The van der Waals surface area contributed by atoms with Crippen molar-refractivity contribution < 1.29 is 0 Å². The normalized spacial score (nSPS) is 14.2. The van der Waals surface area contributed by atoms with E-state index in [9.17, 15) is 0 Å². The van der Waals surface area contributed by atoms with Gasteiger partial charge in [-0.1, -0.05) is 73.0 Å². The number of rotatable bonds is 8. The zero-order chi connectivity index (χ0) is 13.5. The molecule has 0 N–H and O–H groups in total. The molecule has 0 fully saturated rings. The second-order valence-electron chi connectivity index (χ2n) is 6.97. The van der Waals surface area contributed by atoms with Crippen LogP contribution in [0.1, 0.15) is 87.0 Å². The van der Waals surface area contributed by atoms with Crippen LogP contribution in [0.4, 0.5) is 0 Å². The van der Waals surface area contributed by atoms with E-state index in [4.69, 9.17) is 0 Å². The summed E-state index contributed by atoms with van der Waals surface area (Å²) in [5.74, 6) is 0. The molecule has 0 amide bonds.